The summed E-state index contributed by atoms with van der Waals surface area (Å²) in [5, 5.41) is 4.60. The molecule has 0 saturated heterocycles. The predicted molar refractivity (Wildman–Crippen MR) is 123 cm³/mol. The summed E-state index contributed by atoms with van der Waals surface area (Å²) in [6.45, 7) is 1.87. The number of thiophene rings is 1. The summed E-state index contributed by atoms with van der Waals surface area (Å²) < 4.78 is 1.64. The first kappa shape index (κ1) is 20.1. The van der Waals surface area contributed by atoms with Crippen LogP contribution >= 0.6 is 34.7 Å². The predicted octanol–water partition coefficient (Wildman–Crippen LogP) is 4.74. The lowest BCUT2D eigenvalue weighted by molar-refractivity contribution is -0.120. The molecule has 5 rings (SSSR count). The fourth-order valence-electron chi connectivity index (χ4n) is 3.84. The van der Waals surface area contributed by atoms with Crippen molar-refractivity contribution in [2.24, 2.45) is 0 Å². The molecule has 2 heterocycles. The van der Waals surface area contributed by atoms with Crippen LogP contribution in [0.4, 0.5) is 0 Å². The number of fused-ring (bicyclic) bond motifs is 3. The van der Waals surface area contributed by atoms with E-state index in [9.17, 15) is 9.59 Å². The molecule has 1 saturated carbocycles. The number of hydrogen-bond acceptors (Lipinski definition) is 5. The normalized spacial score (nSPS) is 17.0. The van der Waals surface area contributed by atoms with Gasteiger partial charge < -0.3 is 5.32 Å². The standard InChI is InChI=1S/C22H22ClN3O2S2/c1-12(19(27)24-14-8-9-14)29-22-25-20-18(16-4-2-3-5-17(16)30-20)21(28)26(22)15-10-6-13(23)7-11-15/h6-7,10-12,14H,2-5,8-9H2,1H3,(H,24,27)/t12-/m1/s1. The number of carbonyl (C=O) groups excluding carboxylic acids is 1. The third-order valence-corrected chi connectivity index (χ3v) is 8.11. The van der Waals surface area contributed by atoms with Crippen molar-refractivity contribution in [2.45, 2.75) is 61.9 Å². The van der Waals surface area contributed by atoms with E-state index < -0.39 is 0 Å². The zero-order chi connectivity index (χ0) is 20.8. The maximum Gasteiger partial charge on any atom is 0.267 e. The summed E-state index contributed by atoms with van der Waals surface area (Å²) in [4.78, 5) is 33.2. The number of halogens is 1. The van der Waals surface area contributed by atoms with Crippen LogP contribution in [0.15, 0.2) is 34.2 Å². The molecule has 0 spiro atoms. The number of carbonyl (C=O) groups is 1. The minimum absolute atomic E-state index is 0.00928. The Balaban J connectivity index is 1.63. The lowest BCUT2D eigenvalue weighted by Crippen LogP contribution is -2.33. The Labute approximate surface area is 187 Å². The van der Waals surface area contributed by atoms with Gasteiger partial charge in [-0.1, -0.05) is 23.4 Å². The Morgan fingerprint density at radius 3 is 2.73 bits per heavy atom. The average Bonchev–Trinajstić information content (AvgIpc) is 3.46. The summed E-state index contributed by atoms with van der Waals surface area (Å²) in [7, 11) is 0. The summed E-state index contributed by atoms with van der Waals surface area (Å²) in [6, 6.07) is 7.51. The average molecular weight is 460 g/mol. The van der Waals surface area contributed by atoms with Gasteiger partial charge in [0.05, 0.1) is 16.3 Å². The van der Waals surface area contributed by atoms with Gasteiger partial charge in [0, 0.05) is 15.9 Å². The van der Waals surface area contributed by atoms with Gasteiger partial charge in [0.1, 0.15) is 4.83 Å². The molecule has 1 fully saturated rings. The number of nitrogens with one attached hydrogen (secondary N) is 1. The van der Waals surface area contributed by atoms with E-state index in [0.717, 1.165) is 54.3 Å². The molecule has 30 heavy (non-hydrogen) atoms. The number of aryl methyl sites for hydroxylation is 2. The van der Waals surface area contributed by atoms with Gasteiger partial charge in [-0.15, -0.1) is 11.3 Å². The molecular formula is C22H22ClN3O2S2. The molecule has 1 amide bonds. The molecule has 1 N–H and O–H groups in total. The fourth-order valence-corrected chi connectivity index (χ4v) is 6.21. The van der Waals surface area contributed by atoms with Crippen molar-refractivity contribution in [3.05, 3.63) is 50.1 Å². The molecule has 5 nitrogen and oxygen atoms in total. The van der Waals surface area contributed by atoms with Gasteiger partial charge in [-0.05, 0) is 75.3 Å². The fraction of sp³-hybridized carbons (Fsp3) is 0.409. The summed E-state index contributed by atoms with van der Waals surface area (Å²) in [6.07, 6.45) is 6.30. The molecule has 156 valence electrons. The number of hydrogen-bond donors (Lipinski definition) is 1. The Bertz CT molecular complexity index is 1180. The molecule has 2 aliphatic rings. The van der Waals surface area contributed by atoms with Crippen LogP contribution in [-0.2, 0) is 17.6 Å². The van der Waals surface area contributed by atoms with Crippen molar-refractivity contribution in [1.29, 1.82) is 0 Å². The first-order valence-electron chi connectivity index (χ1n) is 10.3. The first-order valence-corrected chi connectivity index (χ1v) is 12.4. The van der Waals surface area contributed by atoms with E-state index in [1.807, 2.05) is 19.1 Å². The summed E-state index contributed by atoms with van der Waals surface area (Å²) >= 11 is 9.04. The van der Waals surface area contributed by atoms with Crippen LogP contribution < -0.4 is 10.9 Å². The Kier molecular flexibility index (Phi) is 5.37. The highest BCUT2D eigenvalue weighted by atomic mass is 35.5. The zero-order valence-electron chi connectivity index (χ0n) is 16.6. The molecule has 3 aromatic rings. The van der Waals surface area contributed by atoms with Crippen LogP contribution in [0.5, 0.6) is 0 Å². The Hall–Kier alpha value is -1.83. The van der Waals surface area contributed by atoms with Gasteiger partial charge in [-0.2, -0.15) is 0 Å². The van der Waals surface area contributed by atoms with Crippen LogP contribution in [0.2, 0.25) is 5.02 Å². The van der Waals surface area contributed by atoms with Crippen molar-refractivity contribution in [3.63, 3.8) is 0 Å². The van der Waals surface area contributed by atoms with Crippen molar-refractivity contribution < 1.29 is 4.79 Å². The molecular weight excluding hydrogens is 438 g/mol. The van der Waals surface area contributed by atoms with Crippen LogP contribution in [0.3, 0.4) is 0 Å². The second-order valence-corrected chi connectivity index (χ2v) is 10.8. The van der Waals surface area contributed by atoms with E-state index in [0.29, 0.717) is 21.9 Å². The molecule has 2 aliphatic carbocycles. The number of benzene rings is 1. The van der Waals surface area contributed by atoms with Gasteiger partial charge in [0.2, 0.25) is 5.91 Å². The number of nitrogens with zero attached hydrogens (tertiary/aromatic N) is 2. The molecule has 0 bridgehead atoms. The highest BCUT2D eigenvalue weighted by molar-refractivity contribution is 8.00. The van der Waals surface area contributed by atoms with Crippen molar-refractivity contribution in [2.75, 3.05) is 0 Å². The zero-order valence-corrected chi connectivity index (χ0v) is 19.0. The number of aromatic nitrogens is 2. The topological polar surface area (TPSA) is 64.0 Å². The van der Waals surface area contributed by atoms with Gasteiger partial charge in [-0.3, -0.25) is 14.2 Å². The molecule has 2 aromatic heterocycles. The van der Waals surface area contributed by atoms with Gasteiger partial charge in [-0.25, -0.2) is 4.98 Å². The Morgan fingerprint density at radius 1 is 1.27 bits per heavy atom. The third kappa shape index (κ3) is 3.79. The molecule has 0 radical (unpaired) electrons. The van der Waals surface area contributed by atoms with E-state index >= 15 is 0 Å². The van der Waals surface area contributed by atoms with E-state index in [4.69, 9.17) is 16.6 Å². The maximum absolute atomic E-state index is 13.7. The van der Waals surface area contributed by atoms with Gasteiger partial charge in [0.15, 0.2) is 5.16 Å². The minimum Gasteiger partial charge on any atom is -0.352 e. The van der Waals surface area contributed by atoms with Crippen molar-refractivity contribution in [3.8, 4) is 5.69 Å². The van der Waals surface area contributed by atoms with E-state index in [1.165, 1.54) is 16.6 Å². The smallest absolute Gasteiger partial charge is 0.267 e. The SMILES string of the molecule is C[C@@H](Sc1nc2sc3c(c2c(=O)n1-c1ccc(Cl)cc1)CCCC3)C(=O)NC1CC1. The number of thioether (sulfide) groups is 1. The minimum atomic E-state index is -0.344. The quantitative estimate of drug-likeness (QED) is 0.442. The molecule has 1 atom stereocenters. The van der Waals surface area contributed by atoms with E-state index in [2.05, 4.69) is 5.32 Å². The lowest BCUT2D eigenvalue weighted by Gasteiger charge is -2.16. The molecule has 1 aromatic carbocycles. The van der Waals surface area contributed by atoms with Gasteiger partial charge in [0.25, 0.3) is 5.56 Å². The van der Waals surface area contributed by atoms with Crippen molar-refractivity contribution in [1.82, 2.24) is 14.9 Å². The highest BCUT2D eigenvalue weighted by Crippen LogP contribution is 2.36. The summed E-state index contributed by atoms with van der Waals surface area (Å²) in [5.74, 6) is -0.00928. The summed E-state index contributed by atoms with van der Waals surface area (Å²) in [5.41, 5.74) is 1.82. The van der Waals surface area contributed by atoms with Gasteiger partial charge >= 0.3 is 0 Å². The second-order valence-electron chi connectivity index (χ2n) is 7.95. The van der Waals surface area contributed by atoms with E-state index in [1.54, 1.807) is 28.0 Å². The van der Waals surface area contributed by atoms with Crippen LogP contribution in [0.1, 0.15) is 43.0 Å². The first-order chi connectivity index (χ1) is 14.5. The van der Waals surface area contributed by atoms with Crippen molar-refractivity contribution >= 4 is 50.8 Å². The Morgan fingerprint density at radius 2 is 2.00 bits per heavy atom. The van der Waals surface area contributed by atoms with Crippen LogP contribution in [-0.4, -0.2) is 26.8 Å². The van der Waals surface area contributed by atoms with E-state index in [-0.39, 0.29) is 16.7 Å². The number of rotatable bonds is 5. The second kappa shape index (κ2) is 8.02. The van der Waals surface area contributed by atoms with Crippen LogP contribution in [0.25, 0.3) is 15.9 Å². The molecule has 8 heteroatoms. The van der Waals surface area contributed by atoms with Crippen LogP contribution in [0, 0.1) is 0 Å². The maximum atomic E-state index is 13.7. The monoisotopic (exact) mass is 459 g/mol. The third-order valence-electron chi connectivity index (χ3n) is 5.62. The molecule has 0 aliphatic heterocycles. The number of amides is 1. The largest absolute Gasteiger partial charge is 0.352 e. The molecule has 0 unspecified atom stereocenters. The lowest BCUT2D eigenvalue weighted by atomic mass is 9.97. The highest BCUT2D eigenvalue weighted by Gasteiger charge is 2.28.